The number of aromatic nitrogens is 1. The van der Waals surface area contributed by atoms with Gasteiger partial charge < -0.3 is 20.3 Å². The van der Waals surface area contributed by atoms with Crippen molar-refractivity contribution in [3.63, 3.8) is 0 Å². The number of likely N-dealkylation sites (tertiary alicyclic amines) is 2. The van der Waals surface area contributed by atoms with E-state index in [1.165, 1.54) is 12.1 Å². The lowest BCUT2D eigenvalue weighted by Crippen LogP contribution is -2.44. The number of carbonyl (C=O) groups is 3. The van der Waals surface area contributed by atoms with Crippen molar-refractivity contribution in [1.29, 1.82) is 0 Å². The van der Waals surface area contributed by atoms with Crippen LogP contribution in [0.3, 0.4) is 0 Å². The number of pyridine rings is 1. The molecule has 1 aliphatic carbocycles. The molecule has 0 spiro atoms. The molecule has 1 aromatic carbocycles. The zero-order valence-corrected chi connectivity index (χ0v) is 23.7. The minimum absolute atomic E-state index is 0.0163. The average Bonchev–Trinajstić information content (AvgIpc) is 3.50. The van der Waals surface area contributed by atoms with E-state index in [2.05, 4.69) is 9.88 Å². The Morgan fingerprint density at radius 3 is 2.20 bits per heavy atom. The second-order valence-electron chi connectivity index (χ2n) is 11.9. The van der Waals surface area contributed by atoms with E-state index in [9.17, 15) is 23.2 Å². The third-order valence-electron chi connectivity index (χ3n) is 9.21. The molecule has 0 bridgehead atoms. The Morgan fingerprint density at radius 2 is 1.61 bits per heavy atom. The molecule has 1 saturated carbocycles. The number of fused-ring (bicyclic) bond motifs is 1. The van der Waals surface area contributed by atoms with Crippen molar-refractivity contribution in [2.75, 3.05) is 39.3 Å². The van der Waals surface area contributed by atoms with E-state index in [4.69, 9.17) is 10.5 Å². The van der Waals surface area contributed by atoms with Crippen molar-refractivity contribution in [1.82, 2.24) is 14.8 Å². The van der Waals surface area contributed by atoms with Crippen molar-refractivity contribution in [2.24, 2.45) is 17.6 Å². The summed E-state index contributed by atoms with van der Waals surface area (Å²) in [6, 6.07) is 8.17. The molecule has 2 atom stereocenters. The van der Waals surface area contributed by atoms with Gasteiger partial charge in [-0.05, 0) is 74.3 Å². The first-order valence-corrected chi connectivity index (χ1v) is 14.4. The number of esters is 1. The van der Waals surface area contributed by atoms with Crippen LogP contribution in [-0.2, 0) is 14.9 Å². The van der Waals surface area contributed by atoms with Gasteiger partial charge in [0.2, 0.25) is 11.8 Å². The Bertz CT molecular complexity index is 1270. The molecule has 3 heterocycles. The number of primary amides is 1. The molecule has 2 N–H and O–H groups in total. The van der Waals surface area contributed by atoms with Crippen molar-refractivity contribution in [3.8, 4) is 0 Å². The number of hydrogen-bond acceptors (Lipinski definition) is 6. The average molecular weight is 569 g/mol. The fourth-order valence-electron chi connectivity index (χ4n) is 6.81. The van der Waals surface area contributed by atoms with Gasteiger partial charge in [-0.15, -0.1) is 0 Å². The molecular formula is C31H38F2N4O4. The van der Waals surface area contributed by atoms with Gasteiger partial charge in [-0.2, -0.15) is 0 Å². The van der Waals surface area contributed by atoms with Crippen molar-refractivity contribution >= 4 is 17.8 Å². The van der Waals surface area contributed by atoms with Crippen molar-refractivity contribution < 1.29 is 27.9 Å². The molecule has 8 nitrogen and oxygen atoms in total. The Balaban J connectivity index is 1.12. The lowest BCUT2D eigenvalue weighted by atomic mass is 9.68. The molecule has 0 radical (unpaired) electrons. The zero-order valence-electron chi connectivity index (χ0n) is 23.7. The van der Waals surface area contributed by atoms with Gasteiger partial charge in [-0.25, -0.2) is 8.78 Å². The van der Waals surface area contributed by atoms with Crippen LogP contribution in [0.15, 0.2) is 36.5 Å². The summed E-state index contributed by atoms with van der Waals surface area (Å²) < 4.78 is 33.7. The van der Waals surface area contributed by atoms with Gasteiger partial charge in [-0.1, -0.05) is 12.1 Å². The van der Waals surface area contributed by atoms with E-state index < -0.39 is 36.1 Å². The summed E-state index contributed by atoms with van der Waals surface area (Å²) in [6.07, 6.45) is 1.54. The van der Waals surface area contributed by atoms with Gasteiger partial charge in [0.1, 0.15) is 0 Å². The fraction of sp³-hybridized carbons (Fsp3) is 0.548. The lowest BCUT2D eigenvalue weighted by Gasteiger charge is -2.38. The Morgan fingerprint density at radius 1 is 0.976 bits per heavy atom. The summed E-state index contributed by atoms with van der Waals surface area (Å²) in [5.74, 6) is -3.01. The summed E-state index contributed by atoms with van der Waals surface area (Å²) in [6.45, 7) is 8.00. The van der Waals surface area contributed by atoms with Crippen LogP contribution in [0.4, 0.5) is 8.78 Å². The topological polar surface area (TPSA) is 106 Å². The highest BCUT2D eigenvalue weighted by atomic mass is 19.3. The molecule has 5 rings (SSSR count). The highest BCUT2D eigenvalue weighted by Gasteiger charge is 2.50. The molecule has 2 amide bonds. The van der Waals surface area contributed by atoms with Crippen LogP contribution in [0.2, 0.25) is 0 Å². The third-order valence-corrected chi connectivity index (χ3v) is 9.21. The Labute approximate surface area is 239 Å². The molecule has 1 aromatic heterocycles. The maximum Gasteiger partial charge on any atom is 0.316 e. The number of nitrogens with zero attached hydrogens (tertiary/aromatic N) is 3. The van der Waals surface area contributed by atoms with Gasteiger partial charge in [0.15, 0.2) is 0 Å². The van der Waals surface area contributed by atoms with Crippen LogP contribution in [0.1, 0.15) is 69.6 Å². The first kappa shape index (κ1) is 29.1. The van der Waals surface area contributed by atoms with E-state index >= 15 is 0 Å². The van der Waals surface area contributed by atoms with Crippen molar-refractivity contribution in [3.05, 3.63) is 64.5 Å². The van der Waals surface area contributed by atoms with Crippen LogP contribution in [0.5, 0.6) is 0 Å². The first-order chi connectivity index (χ1) is 19.5. The number of halogens is 2. The summed E-state index contributed by atoms with van der Waals surface area (Å²) in [5.41, 5.74) is 7.45. The Hall–Kier alpha value is -3.40. The molecule has 2 saturated heterocycles. The number of alkyl halides is 2. The minimum atomic E-state index is -2.80. The highest BCUT2D eigenvalue weighted by molar-refractivity contribution is 5.97. The van der Waals surface area contributed by atoms with E-state index in [0.29, 0.717) is 34.9 Å². The normalized spacial score (nSPS) is 23.3. The zero-order chi connectivity index (χ0) is 29.4. The minimum Gasteiger partial charge on any atom is -0.465 e. The number of amides is 2. The predicted octanol–water partition coefficient (Wildman–Crippen LogP) is 3.88. The van der Waals surface area contributed by atoms with Gasteiger partial charge in [0.25, 0.3) is 5.91 Å². The smallest absolute Gasteiger partial charge is 0.316 e. The molecule has 41 heavy (non-hydrogen) atoms. The SMILES string of the molecule is Cc1ccnc(C)c1C(=O)N1CC2CN(CCCOC(=O)C3(c4ccc(C(N)=O)cc4)CCC(F)(F)CC3)CC2C1. The molecule has 3 aliphatic rings. The second-order valence-corrected chi connectivity index (χ2v) is 11.9. The number of carbonyl (C=O) groups excluding carboxylic acids is 3. The summed E-state index contributed by atoms with van der Waals surface area (Å²) in [7, 11) is 0. The number of ether oxygens (including phenoxy) is 1. The molecule has 2 unspecified atom stereocenters. The lowest BCUT2D eigenvalue weighted by molar-refractivity contribution is -0.156. The summed E-state index contributed by atoms with van der Waals surface area (Å²) in [5, 5.41) is 0. The van der Waals surface area contributed by atoms with E-state index in [-0.39, 0.29) is 25.4 Å². The van der Waals surface area contributed by atoms with Crippen LogP contribution < -0.4 is 5.73 Å². The molecule has 2 aliphatic heterocycles. The quantitative estimate of drug-likeness (QED) is 0.383. The second kappa shape index (κ2) is 11.5. The maximum absolute atomic E-state index is 14.0. The summed E-state index contributed by atoms with van der Waals surface area (Å²) in [4.78, 5) is 46.6. The van der Waals surface area contributed by atoms with Gasteiger partial charge in [-0.3, -0.25) is 19.4 Å². The van der Waals surface area contributed by atoms with Crippen LogP contribution in [0.25, 0.3) is 0 Å². The van der Waals surface area contributed by atoms with E-state index in [0.717, 1.165) is 44.0 Å². The molecule has 220 valence electrons. The number of hydrogen-bond donors (Lipinski definition) is 1. The first-order valence-electron chi connectivity index (χ1n) is 14.4. The highest BCUT2D eigenvalue weighted by Crippen LogP contribution is 2.46. The van der Waals surface area contributed by atoms with Gasteiger partial charge in [0, 0.05) is 57.3 Å². The van der Waals surface area contributed by atoms with Crippen molar-refractivity contribution in [2.45, 2.75) is 57.3 Å². The molecular weight excluding hydrogens is 530 g/mol. The maximum atomic E-state index is 14.0. The monoisotopic (exact) mass is 568 g/mol. The molecule has 2 aromatic rings. The third kappa shape index (κ3) is 5.98. The Kier molecular flexibility index (Phi) is 8.14. The largest absolute Gasteiger partial charge is 0.465 e. The standard InChI is InChI=1S/C31H38F2N4O4/c1-20-8-13-35-21(2)26(20)28(39)37-18-23-16-36(17-24(23)19-37)14-3-15-41-29(40)30(9-11-31(32,33)12-10-30)25-6-4-22(5-7-25)27(34)38/h4-8,13,23-24H,3,9-12,14-19H2,1-2H3,(H2,34,38). The van der Waals surface area contributed by atoms with E-state index in [1.54, 1.807) is 18.3 Å². The predicted molar refractivity (Wildman–Crippen MR) is 149 cm³/mol. The van der Waals surface area contributed by atoms with Crippen LogP contribution in [-0.4, -0.2) is 77.8 Å². The van der Waals surface area contributed by atoms with Gasteiger partial charge >= 0.3 is 5.97 Å². The summed E-state index contributed by atoms with van der Waals surface area (Å²) >= 11 is 0. The van der Waals surface area contributed by atoms with E-state index in [1.807, 2.05) is 24.8 Å². The van der Waals surface area contributed by atoms with Gasteiger partial charge in [0.05, 0.1) is 23.3 Å². The van der Waals surface area contributed by atoms with Crippen LogP contribution in [0, 0.1) is 25.7 Å². The van der Waals surface area contributed by atoms with Crippen LogP contribution >= 0.6 is 0 Å². The molecule has 10 heteroatoms. The number of aryl methyl sites for hydroxylation is 2. The number of nitrogens with two attached hydrogens (primary N) is 1. The number of rotatable bonds is 8. The number of benzene rings is 1. The fourth-order valence-corrected chi connectivity index (χ4v) is 6.81. The molecule has 3 fully saturated rings.